The summed E-state index contributed by atoms with van der Waals surface area (Å²) in [6, 6.07) is 18.1. The number of benzene rings is 2. The maximum absolute atomic E-state index is 12.2. The average Bonchev–Trinajstić information content (AvgIpc) is 3.42. The van der Waals surface area contributed by atoms with Crippen LogP contribution in [0.5, 0.6) is 0 Å². The van der Waals surface area contributed by atoms with E-state index in [9.17, 15) is 4.79 Å². The number of rotatable bonds is 6. The lowest BCUT2D eigenvalue weighted by Crippen LogP contribution is -2.17. The third-order valence-electron chi connectivity index (χ3n) is 3.94. The van der Waals surface area contributed by atoms with E-state index < -0.39 is 0 Å². The first-order valence-electron chi connectivity index (χ1n) is 8.63. The Morgan fingerprint density at radius 2 is 1.90 bits per heavy atom. The minimum atomic E-state index is -0.303. The van der Waals surface area contributed by atoms with E-state index in [1.54, 1.807) is 24.3 Å². The smallest absolute Gasteiger partial charge is 0.271 e. The van der Waals surface area contributed by atoms with Crippen molar-refractivity contribution in [1.29, 1.82) is 0 Å². The van der Waals surface area contributed by atoms with Crippen LogP contribution >= 0.6 is 22.9 Å². The van der Waals surface area contributed by atoms with Crippen LogP contribution in [0.25, 0.3) is 11.3 Å². The first kappa shape index (κ1) is 18.9. The first-order valence-corrected chi connectivity index (χ1v) is 9.88. The van der Waals surface area contributed by atoms with Crippen LogP contribution in [0.3, 0.4) is 0 Å². The predicted octanol–water partition coefficient (Wildman–Crippen LogP) is 5.56. The van der Waals surface area contributed by atoms with E-state index in [1.165, 1.54) is 23.8 Å². The number of thiazole rings is 1. The number of carbonyl (C=O) groups excluding carboxylic acids is 1. The van der Waals surface area contributed by atoms with Gasteiger partial charge in [0.1, 0.15) is 5.76 Å². The SMILES string of the molecule is O=C(N/N=C\c1ccco1)c1ccc(-c2csc(Nc3ccc(Cl)cc3)n2)cc1. The van der Waals surface area contributed by atoms with Gasteiger partial charge in [0.15, 0.2) is 5.13 Å². The van der Waals surface area contributed by atoms with Crippen molar-refractivity contribution in [2.24, 2.45) is 5.10 Å². The Morgan fingerprint density at radius 1 is 1.10 bits per heavy atom. The molecule has 0 bridgehead atoms. The van der Waals surface area contributed by atoms with Crippen LogP contribution in [0.4, 0.5) is 10.8 Å². The van der Waals surface area contributed by atoms with Crippen LogP contribution in [0.15, 0.2) is 81.8 Å². The van der Waals surface area contributed by atoms with Crippen molar-refractivity contribution in [2.45, 2.75) is 0 Å². The van der Waals surface area contributed by atoms with Gasteiger partial charge in [0, 0.05) is 27.2 Å². The van der Waals surface area contributed by atoms with Gasteiger partial charge in [-0.1, -0.05) is 23.7 Å². The summed E-state index contributed by atoms with van der Waals surface area (Å²) in [6.07, 6.45) is 2.98. The average molecular weight is 423 g/mol. The number of amides is 1. The summed E-state index contributed by atoms with van der Waals surface area (Å²) in [4.78, 5) is 16.8. The number of anilines is 2. The molecule has 0 radical (unpaired) electrons. The van der Waals surface area contributed by atoms with E-state index in [0.29, 0.717) is 16.3 Å². The third kappa shape index (κ3) is 4.90. The molecule has 2 heterocycles. The van der Waals surface area contributed by atoms with Gasteiger partial charge in [-0.2, -0.15) is 5.10 Å². The number of halogens is 1. The van der Waals surface area contributed by atoms with Crippen LogP contribution < -0.4 is 10.7 Å². The lowest BCUT2D eigenvalue weighted by molar-refractivity contribution is 0.0955. The molecule has 0 saturated carbocycles. The summed E-state index contributed by atoms with van der Waals surface area (Å²) >= 11 is 7.41. The highest BCUT2D eigenvalue weighted by atomic mass is 35.5. The normalized spacial score (nSPS) is 10.9. The number of aromatic nitrogens is 1. The summed E-state index contributed by atoms with van der Waals surface area (Å²) in [7, 11) is 0. The summed E-state index contributed by atoms with van der Waals surface area (Å²) in [5, 5.41) is 10.5. The van der Waals surface area contributed by atoms with E-state index in [2.05, 4.69) is 20.8 Å². The highest BCUT2D eigenvalue weighted by Crippen LogP contribution is 2.27. The molecule has 0 aliphatic heterocycles. The standard InChI is InChI=1S/C21H15ClN4O2S/c22-16-7-9-17(10-8-16)24-21-25-19(13-29-21)14-3-5-15(6-4-14)20(27)26-23-12-18-2-1-11-28-18/h1-13H,(H,24,25)(H,26,27)/b23-12-. The van der Waals surface area contributed by atoms with Gasteiger partial charge < -0.3 is 9.73 Å². The van der Waals surface area contributed by atoms with Crippen molar-refractivity contribution in [3.05, 3.63) is 88.7 Å². The maximum Gasteiger partial charge on any atom is 0.271 e. The van der Waals surface area contributed by atoms with Gasteiger partial charge >= 0.3 is 0 Å². The number of carbonyl (C=O) groups is 1. The largest absolute Gasteiger partial charge is 0.463 e. The van der Waals surface area contributed by atoms with Crippen molar-refractivity contribution >= 4 is 45.9 Å². The van der Waals surface area contributed by atoms with E-state index in [0.717, 1.165) is 22.1 Å². The summed E-state index contributed by atoms with van der Waals surface area (Å²) in [5.74, 6) is 0.259. The zero-order valence-corrected chi connectivity index (χ0v) is 16.6. The molecule has 0 aliphatic rings. The zero-order chi connectivity index (χ0) is 20.1. The summed E-state index contributed by atoms with van der Waals surface area (Å²) < 4.78 is 5.11. The molecule has 1 amide bonds. The van der Waals surface area contributed by atoms with E-state index >= 15 is 0 Å². The second-order valence-electron chi connectivity index (χ2n) is 5.96. The van der Waals surface area contributed by atoms with Gasteiger partial charge in [0.2, 0.25) is 0 Å². The van der Waals surface area contributed by atoms with Crippen molar-refractivity contribution < 1.29 is 9.21 Å². The van der Waals surface area contributed by atoms with Gasteiger partial charge in [-0.15, -0.1) is 11.3 Å². The number of nitrogens with one attached hydrogen (secondary N) is 2. The van der Waals surface area contributed by atoms with Crippen LogP contribution in [0.1, 0.15) is 16.1 Å². The molecule has 0 fully saturated rings. The molecule has 4 rings (SSSR count). The molecule has 0 spiro atoms. The van der Waals surface area contributed by atoms with E-state index in [-0.39, 0.29) is 5.91 Å². The topological polar surface area (TPSA) is 79.5 Å². The molecule has 8 heteroatoms. The first-order chi connectivity index (χ1) is 14.2. The van der Waals surface area contributed by atoms with Gasteiger partial charge in [-0.25, -0.2) is 10.4 Å². The van der Waals surface area contributed by atoms with Crippen molar-refractivity contribution in [2.75, 3.05) is 5.32 Å². The highest BCUT2D eigenvalue weighted by Gasteiger charge is 2.08. The summed E-state index contributed by atoms with van der Waals surface area (Å²) in [6.45, 7) is 0. The molecular weight excluding hydrogens is 408 g/mol. The molecule has 4 aromatic rings. The lowest BCUT2D eigenvalue weighted by Gasteiger charge is -2.03. The van der Waals surface area contributed by atoms with E-state index in [1.807, 2.05) is 41.8 Å². The van der Waals surface area contributed by atoms with Crippen LogP contribution in [0.2, 0.25) is 5.02 Å². The van der Waals surface area contributed by atoms with Gasteiger partial charge in [-0.05, 0) is 48.5 Å². The fourth-order valence-electron chi connectivity index (χ4n) is 2.50. The molecule has 0 unspecified atom stereocenters. The predicted molar refractivity (Wildman–Crippen MR) is 116 cm³/mol. The van der Waals surface area contributed by atoms with Crippen molar-refractivity contribution in [1.82, 2.24) is 10.4 Å². The third-order valence-corrected chi connectivity index (χ3v) is 4.95. The molecule has 6 nitrogen and oxygen atoms in total. The lowest BCUT2D eigenvalue weighted by atomic mass is 10.1. The molecule has 2 aromatic carbocycles. The van der Waals surface area contributed by atoms with Crippen molar-refractivity contribution in [3.63, 3.8) is 0 Å². The highest BCUT2D eigenvalue weighted by molar-refractivity contribution is 7.14. The second-order valence-corrected chi connectivity index (χ2v) is 7.26. The number of furan rings is 1. The molecule has 2 N–H and O–H groups in total. The summed E-state index contributed by atoms with van der Waals surface area (Å²) in [5.41, 5.74) is 5.63. The van der Waals surface area contributed by atoms with Crippen LogP contribution in [-0.2, 0) is 0 Å². The molecular formula is C21H15ClN4O2S. The Kier molecular flexibility index (Phi) is 5.69. The number of hydrogen-bond acceptors (Lipinski definition) is 6. The van der Waals surface area contributed by atoms with Gasteiger partial charge in [0.05, 0.1) is 18.2 Å². The molecule has 0 saturated heterocycles. The number of nitrogens with zero attached hydrogens (tertiary/aromatic N) is 2. The monoisotopic (exact) mass is 422 g/mol. The van der Waals surface area contributed by atoms with E-state index in [4.69, 9.17) is 16.0 Å². The Balaban J connectivity index is 1.39. The fraction of sp³-hybridized carbons (Fsp3) is 0. The fourth-order valence-corrected chi connectivity index (χ4v) is 3.36. The number of hydrogen-bond donors (Lipinski definition) is 2. The van der Waals surface area contributed by atoms with Gasteiger partial charge in [0.25, 0.3) is 5.91 Å². The Labute approximate surface area is 175 Å². The van der Waals surface area contributed by atoms with Crippen molar-refractivity contribution in [3.8, 4) is 11.3 Å². The zero-order valence-electron chi connectivity index (χ0n) is 15.0. The second kappa shape index (κ2) is 8.72. The minimum absolute atomic E-state index is 0.303. The number of hydrazone groups is 1. The van der Waals surface area contributed by atoms with Crippen LogP contribution in [-0.4, -0.2) is 17.1 Å². The van der Waals surface area contributed by atoms with Gasteiger partial charge in [-0.3, -0.25) is 4.79 Å². The molecule has 0 aliphatic carbocycles. The maximum atomic E-state index is 12.2. The molecule has 0 atom stereocenters. The minimum Gasteiger partial charge on any atom is -0.463 e. The molecule has 2 aromatic heterocycles. The van der Waals surface area contributed by atoms with Crippen LogP contribution in [0, 0.1) is 0 Å². The Morgan fingerprint density at radius 3 is 2.62 bits per heavy atom. The molecule has 144 valence electrons. The Hall–Kier alpha value is -3.42. The quantitative estimate of drug-likeness (QED) is 0.314. The Bertz CT molecular complexity index is 1120. The molecule has 29 heavy (non-hydrogen) atoms.